The zero-order chi connectivity index (χ0) is 12.3. The number of hydrogen-bond donors (Lipinski definition) is 2. The van der Waals surface area contributed by atoms with E-state index in [-0.39, 0.29) is 11.7 Å². The summed E-state index contributed by atoms with van der Waals surface area (Å²) in [5.74, 6) is 0.180. The Hall–Kier alpha value is -1.81. The standard InChI is InChI=1S/C13H13NO2S/c1-9-6-7-17-12(9)13(16)14-8-10-2-4-11(15)5-3-10/h2-7,15H,8H2,1H3,(H,14,16). The van der Waals surface area contributed by atoms with Crippen molar-refractivity contribution in [3.8, 4) is 5.75 Å². The molecular weight excluding hydrogens is 234 g/mol. The fourth-order valence-electron chi connectivity index (χ4n) is 1.48. The molecule has 0 aliphatic heterocycles. The van der Waals surface area contributed by atoms with Crippen molar-refractivity contribution < 1.29 is 9.90 Å². The molecule has 1 heterocycles. The Bertz CT molecular complexity index is 516. The van der Waals surface area contributed by atoms with Gasteiger partial charge in [0.2, 0.25) is 0 Å². The number of phenolic OH excluding ortho intramolecular Hbond substituents is 1. The molecule has 0 unspecified atom stereocenters. The normalized spacial score (nSPS) is 10.2. The van der Waals surface area contributed by atoms with Crippen LogP contribution in [-0.2, 0) is 6.54 Å². The van der Waals surface area contributed by atoms with Crippen LogP contribution in [0.4, 0.5) is 0 Å². The Labute approximate surface area is 104 Å². The van der Waals surface area contributed by atoms with Crippen LogP contribution in [0.25, 0.3) is 0 Å². The summed E-state index contributed by atoms with van der Waals surface area (Å²) in [5.41, 5.74) is 1.96. The van der Waals surface area contributed by atoms with Gasteiger partial charge < -0.3 is 10.4 Å². The van der Waals surface area contributed by atoms with E-state index in [0.29, 0.717) is 6.54 Å². The quantitative estimate of drug-likeness (QED) is 0.876. The van der Waals surface area contributed by atoms with Crippen LogP contribution >= 0.6 is 11.3 Å². The number of aromatic hydroxyl groups is 1. The average Bonchev–Trinajstić information content (AvgIpc) is 2.74. The molecule has 0 spiro atoms. The summed E-state index contributed by atoms with van der Waals surface area (Å²) in [7, 11) is 0. The van der Waals surface area contributed by atoms with E-state index in [4.69, 9.17) is 5.11 Å². The average molecular weight is 247 g/mol. The summed E-state index contributed by atoms with van der Waals surface area (Å²) >= 11 is 1.44. The van der Waals surface area contributed by atoms with Crippen molar-refractivity contribution in [2.24, 2.45) is 0 Å². The van der Waals surface area contributed by atoms with Crippen LogP contribution in [0.2, 0.25) is 0 Å². The predicted molar refractivity (Wildman–Crippen MR) is 68.3 cm³/mol. The second kappa shape index (κ2) is 5.01. The minimum Gasteiger partial charge on any atom is -0.508 e. The Morgan fingerprint density at radius 1 is 1.29 bits per heavy atom. The smallest absolute Gasteiger partial charge is 0.261 e. The Balaban J connectivity index is 1.97. The number of phenols is 1. The highest BCUT2D eigenvalue weighted by Crippen LogP contribution is 2.15. The van der Waals surface area contributed by atoms with Crippen molar-refractivity contribution >= 4 is 17.2 Å². The minimum absolute atomic E-state index is 0.0504. The summed E-state index contributed by atoms with van der Waals surface area (Å²) in [6.07, 6.45) is 0. The Morgan fingerprint density at radius 2 is 2.00 bits per heavy atom. The second-order valence-corrected chi connectivity index (χ2v) is 4.70. The summed E-state index contributed by atoms with van der Waals surface area (Å²) in [6, 6.07) is 8.73. The first-order valence-electron chi connectivity index (χ1n) is 5.27. The van der Waals surface area contributed by atoms with Crippen molar-refractivity contribution in [3.63, 3.8) is 0 Å². The molecule has 88 valence electrons. The fourth-order valence-corrected chi connectivity index (χ4v) is 2.32. The lowest BCUT2D eigenvalue weighted by Gasteiger charge is -2.04. The molecule has 0 atom stereocenters. The van der Waals surface area contributed by atoms with Crippen LogP contribution in [0.3, 0.4) is 0 Å². The molecule has 4 heteroatoms. The molecule has 17 heavy (non-hydrogen) atoms. The van der Waals surface area contributed by atoms with Gasteiger partial charge in [-0.1, -0.05) is 12.1 Å². The van der Waals surface area contributed by atoms with Gasteiger partial charge in [0.1, 0.15) is 5.75 Å². The zero-order valence-electron chi connectivity index (χ0n) is 9.43. The number of thiophene rings is 1. The van der Waals surface area contributed by atoms with E-state index >= 15 is 0 Å². The third kappa shape index (κ3) is 2.85. The monoisotopic (exact) mass is 247 g/mol. The highest BCUT2D eigenvalue weighted by molar-refractivity contribution is 7.12. The van der Waals surface area contributed by atoms with Gasteiger partial charge in [0.25, 0.3) is 5.91 Å². The second-order valence-electron chi connectivity index (χ2n) is 3.78. The molecule has 1 amide bonds. The molecule has 2 aromatic rings. The highest BCUT2D eigenvalue weighted by Gasteiger charge is 2.09. The topological polar surface area (TPSA) is 49.3 Å². The predicted octanol–water partition coefficient (Wildman–Crippen LogP) is 2.69. The van der Waals surface area contributed by atoms with Gasteiger partial charge in [0, 0.05) is 6.54 Å². The van der Waals surface area contributed by atoms with E-state index in [1.165, 1.54) is 11.3 Å². The molecule has 0 bridgehead atoms. The van der Waals surface area contributed by atoms with Crippen molar-refractivity contribution in [2.45, 2.75) is 13.5 Å². The minimum atomic E-state index is -0.0504. The lowest BCUT2D eigenvalue weighted by Crippen LogP contribution is -2.22. The molecule has 0 aliphatic rings. The third-order valence-electron chi connectivity index (χ3n) is 2.46. The lowest BCUT2D eigenvalue weighted by atomic mass is 10.2. The molecule has 3 nitrogen and oxygen atoms in total. The van der Waals surface area contributed by atoms with Crippen LogP contribution in [0.5, 0.6) is 5.75 Å². The number of carbonyl (C=O) groups excluding carboxylic acids is 1. The van der Waals surface area contributed by atoms with Gasteiger partial charge in [-0.3, -0.25) is 4.79 Å². The first-order valence-corrected chi connectivity index (χ1v) is 6.15. The van der Waals surface area contributed by atoms with Crippen molar-refractivity contribution in [1.29, 1.82) is 0 Å². The van der Waals surface area contributed by atoms with Gasteiger partial charge in [0.15, 0.2) is 0 Å². The molecule has 0 saturated carbocycles. The van der Waals surface area contributed by atoms with E-state index in [2.05, 4.69) is 5.32 Å². The molecule has 0 aliphatic carbocycles. The maximum absolute atomic E-state index is 11.8. The number of benzene rings is 1. The fraction of sp³-hybridized carbons (Fsp3) is 0.154. The van der Waals surface area contributed by atoms with Gasteiger partial charge in [-0.15, -0.1) is 11.3 Å². The number of amides is 1. The number of hydrogen-bond acceptors (Lipinski definition) is 3. The molecule has 0 saturated heterocycles. The number of aryl methyl sites for hydroxylation is 1. The third-order valence-corrected chi connectivity index (χ3v) is 3.47. The summed E-state index contributed by atoms with van der Waals surface area (Å²) in [6.45, 7) is 2.39. The maximum Gasteiger partial charge on any atom is 0.261 e. The van der Waals surface area contributed by atoms with Crippen molar-refractivity contribution in [3.05, 3.63) is 51.7 Å². The first-order chi connectivity index (χ1) is 8.16. The Morgan fingerprint density at radius 3 is 2.59 bits per heavy atom. The SMILES string of the molecule is Cc1ccsc1C(=O)NCc1ccc(O)cc1. The molecule has 0 fully saturated rings. The van der Waals surface area contributed by atoms with E-state index in [0.717, 1.165) is 16.0 Å². The molecular formula is C13H13NO2S. The number of nitrogens with one attached hydrogen (secondary N) is 1. The van der Waals surface area contributed by atoms with Crippen LogP contribution < -0.4 is 5.32 Å². The van der Waals surface area contributed by atoms with E-state index in [1.807, 2.05) is 18.4 Å². The molecule has 1 aromatic carbocycles. The van der Waals surface area contributed by atoms with Crippen LogP contribution in [0, 0.1) is 6.92 Å². The zero-order valence-corrected chi connectivity index (χ0v) is 10.3. The number of carbonyl (C=O) groups is 1. The highest BCUT2D eigenvalue weighted by atomic mass is 32.1. The number of rotatable bonds is 3. The first kappa shape index (κ1) is 11.7. The largest absolute Gasteiger partial charge is 0.508 e. The van der Waals surface area contributed by atoms with Crippen molar-refractivity contribution in [2.75, 3.05) is 0 Å². The van der Waals surface area contributed by atoms with Crippen LogP contribution in [-0.4, -0.2) is 11.0 Å². The van der Waals surface area contributed by atoms with Gasteiger partial charge in [-0.05, 0) is 41.6 Å². The maximum atomic E-state index is 11.8. The molecule has 1 aromatic heterocycles. The Kier molecular flexibility index (Phi) is 3.44. The summed E-state index contributed by atoms with van der Waals surface area (Å²) < 4.78 is 0. The van der Waals surface area contributed by atoms with Crippen LogP contribution in [0.15, 0.2) is 35.7 Å². The van der Waals surface area contributed by atoms with Crippen molar-refractivity contribution in [1.82, 2.24) is 5.32 Å². The van der Waals surface area contributed by atoms with Gasteiger partial charge in [0.05, 0.1) is 4.88 Å². The van der Waals surface area contributed by atoms with Gasteiger partial charge >= 0.3 is 0 Å². The summed E-state index contributed by atoms with van der Waals surface area (Å²) in [4.78, 5) is 12.6. The molecule has 2 rings (SSSR count). The summed E-state index contributed by atoms with van der Waals surface area (Å²) in [5, 5.41) is 13.9. The lowest BCUT2D eigenvalue weighted by molar-refractivity contribution is 0.0954. The van der Waals surface area contributed by atoms with Gasteiger partial charge in [-0.25, -0.2) is 0 Å². The van der Waals surface area contributed by atoms with E-state index in [9.17, 15) is 4.79 Å². The molecule has 0 radical (unpaired) electrons. The van der Waals surface area contributed by atoms with E-state index in [1.54, 1.807) is 24.3 Å². The van der Waals surface area contributed by atoms with E-state index < -0.39 is 0 Å². The molecule has 2 N–H and O–H groups in total. The van der Waals surface area contributed by atoms with Gasteiger partial charge in [-0.2, -0.15) is 0 Å². The van der Waals surface area contributed by atoms with Crippen LogP contribution in [0.1, 0.15) is 20.8 Å².